The Morgan fingerprint density at radius 2 is 2.29 bits per heavy atom. The van der Waals surface area contributed by atoms with Crippen LogP contribution in [0.3, 0.4) is 0 Å². The summed E-state index contributed by atoms with van der Waals surface area (Å²) in [6.45, 7) is 2.92. The van der Waals surface area contributed by atoms with Gasteiger partial charge in [0.15, 0.2) is 0 Å². The number of furan rings is 1. The average Bonchev–Trinajstić information content (AvgIpc) is 3.15. The lowest BCUT2D eigenvalue weighted by Crippen LogP contribution is -2.24. The molecule has 3 rings (SSSR count). The largest absolute Gasteiger partial charge is 0.464 e. The molecular weight excluding hydrogens is 266 g/mol. The van der Waals surface area contributed by atoms with Crippen molar-refractivity contribution in [1.29, 1.82) is 0 Å². The third-order valence-electron chi connectivity index (χ3n) is 3.88. The zero-order valence-electron chi connectivity index (χ0n) is 12.3. The zero-order valence-corrected chi connectivity index (χ0v) is 12.3. The number of rotatable bonds is 3. The third-order valence-corrected chi connectivity index (χ3v) is 3.88. The van der Waals surface area contributed by atoms with Crippen LogP contribution in [0, 0.1) is 6.92 Å². The fraction of sp³-hybridized carbons (Fsp3) is 0.375. The summed E-state index contributed by atoms with van der Waals surface area (Å²) in [5.41, 5.74) is 1.46. The molecule has 2 aromatic rings. The fourth-order valence-electron chi connectivity index (χ4n) is 2.85. The minimum atomic E-state index is -0.165. The highest BCUT2D eigenvalue weighted by atomic mass is 16.3. The molecule has 3 heterocycles. The van der Waals surface area contributed by atoms with E-state index in [1.54, 1.807) is 13.2 Å². The van der Waals surface area contributed by atoms with Crippen molar-refractivity contribution in [3.8, 4) is 0 Å². The molecule has 0 saturated carbocycles. The Balaban J connectivity index is 1.90. The van der Waals surface area contributed by atoms with Gasteiger partial charge in [0, 0.05) is 25.5 Å². The van der Waals surface area contributed by atoms with E-state index in [1.165, 1.54) is 0 Å². The maximum atomic E-state index is 11.7. The Morgan fingerprint density at radius 1 is 1.43 bits per heavy atom. The summed E-state index contributed by atoms with van der Waals surface area (Å²) in [5, 5.41) is 2.61. The summed E-state index contributed by atoms with van der Waals surface area (Å²) in [5.74, 6) is 1.75. The maximum Gasteiger partial charge on any atom is 0.269 e. The molecule has 0 bridgehead atoms. The molecule has 1 aliphatic rings. The van der Waals surface area contributed by atoms with Gasteiger partial charge in [0.05, 0.1) is 6.04 Å². The van der Waals surface area contributed by atoms with Crippen LogP contribution in [0.5, 0.6) is 0 Å². The molecule has 1 saturated heterocycles. The van der Waals surface area contributed by atoms with E-state index < -0.39 is 0 Å². The molecule has 1 atom stereocenters. The van der Waals surface area contributed by atoms with Crippen LogP contribution < -0.4 is 10.2 Å². The van der Waals surface area contributed by atoms with Crippen LogP contribution in [0.1, 0.15) is 40.9 Å². The first-order valence-corrected chi connectivity index (χ1v) is 7.20. The van der Waals surface area contributed by atoms with Crippen LogP contribution in [0.25, 0.3) is 0 Å². The Labute approximate surface area is 124 Å². The van der Waals surface area contributed by atoms with Crippen LogP contribution >= 0.6 is 0 Å². The lowest BCUT2D eigenvalue weighted by atomic mass is 10.1. The summed E-state index contributed by atoms with van der Waals surface area (Å²) in [4.78, 5) is 18.1. The second-order valence-electron chi connectivity index (χ2n) is 5.28. The molecule has 0 aliphatic carbocycles. The third kappa shape index (κ3) is 2.63. The van der Waals surface area contributed by atoms with E-state index in [2.05, 4.69) is 15.2 Å². The van der Waals surface area contributed by atoms with Crippen LogP contribution in [0.15, 0.2) is 34.9 Å². The van der Waals surface area contributed by atoms with Gasteiger partial charge in [-0.1, -0.05) is 0 Å². The monoisotopic (exact) mass is 285 g/mol. The maximum absolute atomic E-state index is 11.7. The number of carbonyl (C=O) groups is 1. The minimum Gasteiger partial charge on any atom is -0.464 e. The summed E-state index contributed by atoms with van der Waals surface area (Å²) < 4.78 is 5.78. The number of aryl methyl sites for hydroxylation is 1. The number of aromatic nitrogens is 1. The lowest BCUT2D eigenvalue weighted by molar-refractivity contribution is 0.0958. The first-order chi connectivity index (χ1) is 10.2. The van der Waals surface area contributed by atoms with E-state index in [9.17, 15) is 4.79 Å². The summed E-state index contributed by atoms with van der Waals surface area (Å²) in [6.07, 6.45) is 3.86. The topological polar surface area (TPSA) is 58.4 Å². The van der Waals surface area contributed by atoms with Crippen molar-refractivity contribution in [2.75, 3.05) is 18.5 Å². The quantitative estimate of drug-likeness (QED) is 0.942. The molecule has 2 aromatic heterocycles. The number of pyridine rings is 1. The van der Waals surface area contributed by atoms with E-state index >= 15 is 0 Å². The van der Waals surface area contributed by atoms with Crippen molar-refractivity contribution < 1.29 is 9.21 Å². The van der Waals surface area contributed by atoms with Gasteiger partial charge in [-0.05, 0) is 44.0 Å². The molecule has 0 spiro atoms. The highest BCUT2D eigenvalue weighted by Gasteiger charge is 2.29. The first kappa shape index (κ1) is 13.7. The van der Waals surface area contributed by atoms with Crippen molar-refractivity contribution >= 4 is 11.6 Å². The van der Waals surface area contributed by atoms with Crippen molar-refractivity contribution in [2.24, 2.45) is 0 Å². The van der Waals surface area contributed by atoms with Crippen LogP contribution in [-0.4, -0.2) is 24.5 Å². The first-order valence-electron chi connectivity index (χ1n) is 7.20. The molecule has 1 unspecified atom stereocenters. The molecule has 5 nitrogen and oxygen atoms in total. The van der Waals surface area contributed by atoms with E-state index in [0.29, 0.717) is 5.69 Å². The standard InChI is InChI=1S/C16H19N3O2/c1-11-5-6-15(21-11)14-4-3-9-19(14)12-7-8-18-13(10-12)16(20)17-2/h5-8,10,14H,3-4,9H2,1-2H3,(H,17,20). The Kier molecular flexibility index (Phi) is 3.64. The highest BCUT2D eigenvalue weighted by molar-refractivity contribution is 5.92. The van der Waals surface area contributed by atoms with Gasteiger partial charge in [0.1, 0.15) is 17.2 Å². The molecule has 5 heteroatoms. The summed E-state index contributed by atoms with van der Waals surface area (Å²) in [7, 11) is 1.61. The van der Waals surface area contributed by atoms with Crippen LogP contribution in [0.4, 0.5) is 5.69 Å². The lowest BCUT2D eigenvalue weighted by Gasteiger charge is -2.25. The predicted molar refractivity (Wildman–Crippen MR) is 80.4 cm³/mol. The number of hydrogen-bond donors (Lipinski definition) is 1. The average molecular weight is 285 g/mol. The van der Waals surface area contributed by atoms with E-state index in [4.69, 9.17) is 4.42 Å². The van der Waals surface area contributed by atoms with Gasteiger partial charge in [0.2, 0.25) is 0 Å². The van der Waals surface area contributed by atoms with Crippen LogP contribution in [0.2, 0.25) is 0 Å². The van der Waals surface area contributed by atoms with Crippen molar-refractivity contribution in [1.82, 2.24) is 10.3 Å². The molecule has 21 heavy (non-hydrogen) atoms. The number of anilines is 1. The van der Waals surface area contributed by atoms with E-state index in [-0.39, 0.29) is 11.9 Å². The number of hydrogen-bond acceptors (Lipinski definition) is 4. The molecular formula is C16H19N3O2. The minimum absolute atomic E-state index is 0.165. The fourth-order valence-corrected chi connectivity index (χ4v) is 2.85. The van der Waals surface area contributed by atoms with Gasteiger partial charge in [0.25, 0.3) is 5.91 Å². The zero-order chi connectivity index (χ0) is 14.8. The SMILES string of the molecule is CNC(=O)c1cc(N2CCCC2c2ccc(C)o2)ccn1. The van der Waals surface area contributed by atoms with Gasteiger partial charge in [-0.25, -0.2) is 0 Å². The van der Waals surface area contributed by atoms with E-state index in [0.717, 1.165) is 36.6 Å². The van der Waals surface area contributed by atoms with Crippen molar-refractivity contribution in [3.05, 3.63) is 47.7 Å². The van der Waals surface area contributed by atoms with Gasteiger partial charge in [-0.2, -0.15) is 0 Å². The van der Waals surface area contributed by atoms with Gasteiger partial charge < -0.3 is 14.6 Å². The molecule has 0 radical (unpaired) electrons. The number of nitrogens with one attached hydrogen (secondary N) is 1. The Bertz CT molecular complexity index is 650. The molecule has 1 N–H and O–H groups in total. The second-order valence-corrected chi connectivity index (χ2v) is 5.28. The number of amides is 1. The Hall–Kier alpha value is -2.30. The smallest absolute Gasteiger partial charge is 0.269 e. The summed E-state index contributed by atoms with van der Waals surface area (Å²) >= 11 is 0. The van der Waals surface area contributed by atoms with Gasteiger partial charge >= 0.3 is 0 Å². The van der Waals surface area contributed by atoms with Crippen molar-refractivity contribution in [2.45, 2.75) is 25.8 Å². The Morgan fingerprint density at radius 3 is 3.00 bits per heavy atom. The van der Waals surface area contributed by atoms with Gasteiger partial charge in [-0.15, -0.1) is 0 Å². The van der Waals surface area contributed by atoms with Crippen molar-refractivity contribution in [3.63, 3.8) is 0 Å². The van der Waals surface area contributed by atoms with E-state index in [1.807, 2.05) is 31.2 Å². The number of nitrogens with zero attached hydrogens (tertiary/aromatic N) is 2. The molecule has 1 amide bonds. The summed E-state index contributed by atoms with van der Waals surface area (Å²) in [6, 6.07) is 8.06. The predicted octanol–water partition coefficient (Wildman–Crippen LogP) is 2.68. The van der Waals surface area contributed by atoms with Gasteiger partial charge in [-0.3, -0.25) is 9.78 Å². The number of carbonyl (C=O) groups excluding carboxylic acids is 1. The molecule has 110 valence electrons. The highest BCUT2D eigenvalue weighted by Crippen LogP contribution is 2.36. The molecule has 0 aromatic carbocycles. The van der Waals surface area contributed by atoms with Crippen LogP contribution in [-0.2, 0) is 0 Å². The second kappa shape index (κ2) is 5.60. The molecule has 1 aliphatic heterocycles. The normalized spacial score (nSPS) is 18.0. The molecule has 1 fully saturated rings.